The number of nitrogens with zero attached hydrogens (tertiary/aromatic N) is 3. The minimum atomic E-state index is 0.712. The number of anilines is 1. The van der Waals surface area contributed by atoms with E-state index in [9.17, 15) is 0 Å². The van der Waals surface area contributed by atoms with Crippen LogP contribution in [0.1, 0.15) is 9.75 Å². The summed E-state index contributed by atoms with van der Waals surface area (Å²) >= 11 is 1.50. The molecule has 0 amide bonds. The lowest BCUT2D eigenvalue weighted by Crippen LogP contribution is -1.98. The van der Waals surface area contributed by atoms with Gasteiger partial charge in [0.2, 0.25) is 0 Å². The van der Waals surface area contributed by atoms with Crippen molar-refractivity contribution < 1.29 is 0 Å². The normalized spacial score (nSPS) is 9.87. The number of thiophene rings is 1. The Morgan fingerprint density at radius 1 is 1.53 bits per heavy atom. The molecule has 5 heteroatoms. The molecule has 2 heterocycles. The third-order valence-corrected chi connectivity index (χ3v) is 2.92. The van der Waals surface area contributed by atoms with Crippen LogP contribution in [-0.2, 0) is 13.6 Å². The summed E-state index contributed by atoms with van der Waals surface area (Å²) in [6.07, 6.45) is 1.89. The first-order valence-corrected chi connectivity index (χ1v) is 5.32. The van der Waals surface area contributed by atoms with Gasteiger partial charge in [-0.15, -0.1) is 11.3 Å². The summed E-state index contributed by atoms with van der Waals surface area (Å²) in [5.41, 5.74) is 0. The van der Waals surface area contributed by atoms with Crippen molar-refractivity contribution in [2.75, 3.05) is 5.32 Å². The molecule has 0 radical (unpaired) electrons. The third-order valence-electron chi connectivity index (χ3n) is 1.93. The quantitative estimate of drug-likeness (QED) is 0.856. The zero-order valence-corrected chi connectivity index (χ0v) is 9.08. The Morgan fingerprint density at radius 2 is 2.40 bits per heavy atom. The second-order valence-electron chi connectivity index (χ2n) is 3.11. The molecule has 0 bridgehead atoms. The third kappa shape index (κ3) is 2.36. The molecule has 2 rings (SSSR count). The summed E-state index contributed by atoms with van der Waals surface area (Å²) in [5, 5.41) is 16.0. The zero-order valence-electron chi connectivity index (χ0n) is 8.27. The van der Waals surface area contributed by atoms with Gasteiger partial charge in [-0.05, 0) is 12.1 Å². The molecule has 2 aromatic rings. The minimum absolute atomic E-state index is 0.712. The second kappa shape index (κ2) is 4.15. The molecule has 2 aromatic heterocycles. The minimum Gasteiger partial charge on any atom is -0.364 e. The number of hydrogen-bond acceptors (Lipinski definition) is 4. The Labute approximate surface area is 91.8 Å². The lowest BCUT2D eigenvalue weighted by molar-refractivity contribution is 0.768. The standard InChI is InChI=1S/C10H10N4S/c1-14-5-4-10(13-14)12-7-9-3-2-8(6-11)15-9/h2-5H,7H2,1H3,(H,12,13). The van der Waals surface area contributed by atoms with Crippen LogP contribution in [0.5, 0.6) is 0 Å². The van der Waals surface area contributed by atoms with Crippen LogP contribution in [0.3, 0.4) is 0 Å². The maximum Gasteiger partial charge on any atom is 0.148 e. The highest BCUT2D eigenvalue weighted by molar-refractivity contribution is 7.12. The topological polar surface area (TPSA) is 53.6 Å². The van der Waals surface area contributed by atoms with E-state index in [-0.39, 0.29) is 0 Å². The number of aryl methyl sites for hydroxylation is 1. The van der Waals surface area contributed by atoms with Gasteiger partial charge >= 0.3 is 0 Å². The predicted octanol–water partition coefficient (Wildman–Crippen LogP) is 1.97. The van der Waals surface area contributed by atoms with Gasteiger partial charge in [-0.2, -0.15) is 10.4 Å². The predicted molar refractivity (Wildman–Crippen MR) is 59.6 cm³/mol. The van der Waals surface area contributed by atoms with Crippen molar-refractivity contribution in [2.24, 2.45) is 7.05 Å². The lowest BCUT2D eigenvalue weighted by Gasteiger charge is -1.98. The Morgan fingerprint density at radius 3 is 3.00 bits per heavy atom. The molecule has 4 nitrogen and oxygen atoms in total. The molecule has 0 spiro atoms. The van der Waals surface area contributed by atoms with E-state index < -0.39 is 0 Å². The van der Waals surface area contributed by atoms with Gasteiger partial charge in [-0.3, -0.25) is 4.68 Å². The monoisotopic (exact) mass is 218 g/mol. The SMILES string of the molecule is Cn1ccc(NCc2ccc(C#N)s2)n1. The number of nitrogens with one attached hydrogen (secondary N) is 1. The average Bonchev–Trinajstić information content (AvgIpc) is 2.83. The lowest BCUT2D eigenvalue weighted by atomic mass is 10.4. The van der Waals surface area contributed by atoms with Crippen LogP contribution in [0.2, 0.25) is 0 Å². The highest BCUT2D eigenvalue weighted by Gasteiger charge is 2.00. The first kappa shape index (κ1) is 9.74. The molecule has 0 saturated heterocycles. The fraction of sp³-hybridized carbons (Fsp3) is 0.200. The molecular weight excluding hydrogens is 208 g/mol. The van der Waals surface area contributed by atoms with Gasteiger partial charge in [-0.1, -0.05) is 0 Å². The fourth-order valence-corrected chi connectivity index (χ4v) is 1.96. The fourth-order valence-electron chi connectivity index (χ4n) is 1.22. The van der Waals surface area contributed by atoms with E-state index >= 15 is 0 Å². The highest BCUT2D eigenvalue weighted by Crippen LogP contribution is 2.16. The Hall–Kier alpha value is -1.80. The van der Waals surface area contributed by atoms with Gasteiger partial charge in [0.05, 0.1) is 6.54 Å². The smallest absolute Gasteiger partial charge is 0.148 e. The van der Waals surface area contributed by atoms with Crippen molar-refractivity contribution in [3.63, 3.8) is 0 Å². The van der Waals surface area contributed by atoms with Crippen molar-refractivity contribution in [1.82, 2.24) is 9.78 Å². The molecule has 0 aliphatic heterocycles. The summed E-state index contributed by atoms with van der Waals surface area (Å²) in [5.74, 6) is 0.851. The van der Waals surface area contributed by atoms with Gasteiger partial charge in [0.25, 0.3) is 0 Å². The molecule has 1 N–H and O–H groups in total. The van der Waals surface area contributed by atoms with Crippen molar-refractivity contribution in [3.05, 3.63) is 34.2 Å². The molecule has 0 aliphatic carbocycles. The van der Waals surface area contributed by atoms with Crippen LogP contribution in [0.15, 0.2) is 24.4 Å². The Kier molecular flexibility index (Phi) is 2.70. The van der Waals surface area contributed by atoms with E-state index in [0.29, 0.717) is 6.54 Å². The van der Waals surface area contributed by atoms with Crippen LogP contribution >= 0.6 is 11.3 Å². The Balaban J connectivity index is 1.96. The van der Waals surface area contributed by atoms with E-state index in [1.807, 2.05) is 31.4 Å². The molecule has 0 atom stereocenters. The molecule has 0 saturated carbocycles. The number of aromatic nitrogens is 2. The van der Waals surface area contributed by atoms with Gasteiger partial charge < -0.3 is 5.32 Å². The molecule has 0 aromatic carbocycles. The highest BCUT2D eigenvalue weighted by atomic mass is 32.1. The summed E-state index contributed by atoms with van der Waals surface area (Å²) in [4.78, 5) is 1.88. The molecule has 0 unspecified atom stereocenters. The molecule has 0 fully saturated rings. The largest absolute Gasteiger partial charge is 0.364 e. The summed E-state index contributed by atoms with van der Waals surface area (Å²) < 4.78 is 1.75. The number of nitriles is 1. The Bertz CT molecular complexity index is 491. The first-order valence-electron chi connectivity index (χ1n) is 4.50. The van der Waals surface area contributed by atoms with Crippen LogP contribution in [-0.4, -0.2) is 9.78 Å². The van der Waals surface area contributed by atoms with E-state index in [1.54, 1.807) is 4.68 Å². The average molecular weight is 218 g/mol. The van der Waals surface area contributed by atoms with Gasteiger partial charge in [0, 0.05) is 24.2 Å². The van der Waals surface area contributed by atoms with E-state index in [1.165, 1.54) is 11.3 Å². The van der Waals surface area contributed by atoms with Gasteiger partial charge in [-0.25, -0.2) is 0 Å². The number of hydrogen-bond donors (Lipinski definition) is 1. The van der Waals surface area contributed by atoms with Gasteiger partial charge in [0.1, 0.15) is 16.8 Å². The summed E-state index contributed by atoms with van der Waals surface area (Å²) in [6, 6.07) is 7.83. The van der Waals surface area contributed by atoms with Crippen molar-refractivity contribution in [2.45, 2.75) is 6.54 Å². The summed E-state index contributed by atoms with van der Waals surface area (Å²) in [7, 11) is 1.88. The molecular formula is C10H10N4S. The van der Waals surface area contributed by atoms with Crippen molar-refractivity contribution in [3.8, 4) is 6.07 Å². The van der Waals surface area contributed by atoms with Crippen molar-refractivity contribution >= 4 is 17.2 Å². The van der Waals surface area contributed by atoms with Crippen LogP contribution in [0, 0.1) is 11.3 Å². The second-order valence-corrected chi connectivity index (χ2v) is 4.27. The van der Waals surface area contributed by atoms with Crippen LogP contribution < -0.4 is 5.32 Å². The maximum absolute atomic E-state index is 8.66. The maximum atomic E-state index is 8.66. The van der Waals surface area contributed by atoms with E-state index in [2.05, 4.69) is 16.5 Å². The first-order chi connectivity index (χ1) is 7.28. The number of rotatable bonds is 3. The molecule has 0 aliphatic rings. The van der Waals surface area contributed by atoms with E-state index in [4.69, 9.17) is 5.26 Å². The zero-order chi connectivity index (χ0) is 10.7. The van der Waals surface area contributed by atoms with Crippen molar-refractivity contribution in [1.29, 1.82) is 5.26 Å². The van der Waals surface area contributed by atoms with E-state index in [0.717, 1.165) is 15.6 Å². The van der Waals surface area contributed by atoms with Crippen LogP contribution in [0.4, 0.5) is 5.82 Å². The molecule has 15 heavy (non-hydrogen) atoms. The summed E-state index contributed by atoms with van der Waals surface area (Å²) in [6.45, 7) is 0.712. The van der Waals surface area contributed by atoms with Gasteiger partial charge in [0.15, 0.2) is 0 Å². The molecule has 76 valence electrons. The van der Waals surface area contributed by atoms with Crippen LogP contribution in [0.25, 0.3) is 0 Å².